The second kappa shape index (κ2) is 5.93. The number of imide groups is 1. The number of aromatic nitrogens is 2. The lowest BCUT2D eigenvalue weighted by molar-refractivity contribution is -0.131. The van der Waals surface area contributed by atoms with Crippen LogP contribution in [0.15, 0.2) is 46.7 Å². The van der Waals surface area contributed by atoms with Crippen LogP contribution in [-0.4, -0.2) is 26.2 Å². The van der Waals surface area contributed by atoms with E-state index in [9.17, 15) is 14.4 Å². The molecule has 2 aromatic heterocycles. The van der Waals surface area contributed by atoms with E-state index in [0.717, 1.165) is 4.90 Å². The summed E-state index contributed by atoms with van der Waals surface area (Å²) in [5, 5.41) is 5.01. The topological polar surface area (TPSA) is 83.8 Å². The lowest BCUT2D eigenvalue weighted by atomic mass is 9.92. The second-order valence-corrected chi connectivity index (χ2v) is 7.40. The van der Waals surface area contributed by atoms with Crippen molar-refractivity contribution in [3.63, 3.8) is 0 Å². The molecule has 3 amide bonds. The summed E-state index contributed by atoms with van der Waals surface area (Å²) in [6, 6.07) is 7.53. The van der Waals surface area contributed by atoms with Gasteiger partial charge >= 0.3 is 6.03 Å². The third-order valence-electron chi connectivity index (χ3n) is 4.37. The van der Waals surface area contributed by atoms with Gasteiger partial charge in [-0.05, 0) is 24.6 Å². The number of carbonyl (C=O) groups excluding carboxylic acids is 2. The zero-order chi connectivity index (χ0) is 18.5. The summed E-state index contributed by atoms with van der Waals surface area (Å²) >= 11 is 7.20. The first-order valence-corrected chi connectivity index (χ1v) is 9.00. The second-order valence-electron chi connectivity index (χ2n) is 6.09. The summed E-state index contributed by atoms with van der Waals surface area (Å²) < 4.78 is 1.41. The standard InChI is InChI=1S/C17H13ClN4O3S/c1-17(10-2-4-11(18)5-3-10)14(24)22(15(25)20-17)9-12-8-13(23)21-6-7-26-16(21)19-12/h2-8H,9H2,1H3,(H,20,25)/t17-/m0/s1. The normalized spacial score (nSPS) is 20.0. The molecule has 0 spiro atoms. The number of halogens is 1. The van der Waals surface area contributed by atoms with Gasteiger partial charge in [0, 0.05) is 22.7 Å². The Morgan fingerprint density at radius 2 is 1.96 bits per heavy atom. The Hall–Kier alpha value is -2.71. The average molecular weight is 389 g/mol. The Morgan fingerprint density at radius 1 is 1.23 bits per heavy atom. The number of nitrogens with zero attached hydrogens (tertiary/aromatic N) is 3. The fourth-order valence-corrected chi connectivity index (χ4v) is 3.81. The maximum atomic E-state index is 12.9. The van der Waals surface area contributed by atoms with E-state index in [1.165, 1.54) is 21.8 Å². The summed E-state index contributed by atoms with van der Waals surface area (Å²) in [4.78, 5) is 43.4. The van der Waals surface area contributed by atoms with E-state index < -0.39 is 17.5 Å². The molecule has 1 atom stereocenters. The molecule has 1 aliphatic heterocycles. The van der Waals surface area contributed by atoms with Crippen LogP contribution in [-0.2, 0) is 16.9 Å². The average Bonchev–Trinajstić information content (AvgIpc) is 3.15. The fourth-order valence-electron chi connectivity index (χ4n) is 2.95. The van der Waals surface area contributed by atoms with Gasteiger partial charge in [-0.3, -0.25) is 18.9 Å². The minimum atomic E-state index is -1.19. The van der Waals surface area contributed by atoms with Crippen molar-refractivity contribution in [2.75, 3.05) is 0 Å². The van der Waals surface area contributed by atoms with E-state index in [2.05, 4.69) is 10.3 Å². The summed E-state index contributed by atoms with van der Waals surface area (Å²) in [5.74, 6) is -0.405. The molecule has 0 saturated carbocycles. The third kappa shape index (κ3) is 2.58. The molecule has 0 unspecified atom stereocenters. The predicted octanol–water partition coefficient (Wildman–Crippen LogP) is 2.38. The first-order chi connectivity index (χ1) is 12.4. The van der Waals surface area contributed by atoms with E-state index in [4.69, 9.17) is 11.6 Å². The van der Waals surface area contributed by atoms with Crippen LogP contribution in [0.3, 0.4) is 0 Å². The molecule has 1 aromatic carbocycles. The van der Waals surface area contributed by atoms with Crippen molar-refractivity contribution >= 4 is 39.8 Å². The van der Waals surface area contributed by atoms with Gasteiger partial charge in [-0.2, -0.15) is 0 Å². The molecule has 1 saturated heterocycles. The Balaban J connectivity index is 1.66. The number of thiazole rings is 1. The van der Waals surface area contributed by atoms with Gasteiger partial charge in [-0.15, -0.1) is 11.3 Å². The highest BCUT2D eigenvalue weighted by Gasteiger charge is 2.49. The first-order valence-electron chi connectivity index (χ1n) is 7.74. The number of hydrogen-bond acceptors (Lipinski definition) is 5. The van der Waals surface area contributed by atoms with Crippen molar-refractivity contribution < 1.29 is 9.59 Å². The van der Waals surface area contributed by atoms with Gasteiger partial charge in [-0.25, -0.2) is 9.78 Å². The zero-order valence-electron chi connectivity index (χ0n) is 13.6. The van der Waals surface area contributed by atoms with Gasteiger partial charge < -0.3 is 5.32 Å². The first kappa shape index (κ1) is 16.7. The van der Waals surface area contributed by atoms with Crippen LogP contribution in [0.2, 0.25) is 5.02 Å². The van der Waals surface area contributed by atoms with E-state index in [1.54, 1.807) is 42.8 Å². The molecule has 9 heteroatoms. The lowest BCUT2D eigenvalue weighted by Crippen LogP contribution is -2.40. The minimum Gasteiger partial charge on any atom is -0.319 e. The number of fused-ring (bicyclic) bond motifs is 1. The van der Waals surface area contributed by atoms with E-state index >= 15 is 0 Å². The number of carbonyl (C=O) groups is 2. The number of urea groups is 1. The molecule has 0 aliphatic carbocycles. The van der Waals surface area contributed by atoms with Gasteiger partial charge in [0.2, 0.25) is 0 Å². The highest BCUT2D eigenvalue weighted by atomic mass is 35.5. The molecular formula is C17H13ClN4O3S. The molecule has 132 valence electrons. The van der Waals surface area contributed by atoms with Gasteiger partial charge in [0.15, 0.2) is 4.96 Å². The molecule has 26 heavy (non-hydrogen) atoms. The van der Waals surface area contributed by atoms with Gasteiger partial charge in [0.05, 0.1) is 12.2 Å². The summed E-state index contributed by atoms with van der Waals surface area (Å²) in [7, 11) is 0. The van der Waals surface area contributed by atoms with Gasteiger partial charge in [0.1, 0.15) is 5.54 Å². The monoisotopic (exact) mass is 388 g/mol. The van der Waals surface area contributed by atoms with Crippen molar-refractivity contribution in [3.8, 4) is 0 Å². The van der Waals surface area contributed by atoms with Gasteiger partial charge in [-0.1, -0.05) is 23.7 Å². The highest BCUT2D eigenvalue weighted by Crippen LogP contribution is 2.30. The maximum absolute atomic E-state index is 12.9. The summed E-state index contributed by atoms with van der Waals surface area (Å²) in [5.41, 5.74) is -0.450. The quantitative estimate of drug-likeness (QED) is 0.698. The van der Waals surface area contributed by atoms with Crippen LogP contribution in [0.5, 0.6) is 0 Å². The maximum Gasteiger partial charge on any atom is 0.325 e. The van der Waals surface area contributed by atoms with E-state index in [0.29, 0.717) is 21.2 Å². The Labute approximate surface area is 156 Å². The van der Waals surface area contributed by atoms with Crippen LogP contribution >= 0.6 is 22.9 Å². The SMILES string of the molecule is C[C@@]1(c2ccc(Cl)cc2)NC(=O)N(Cc2cc(=O)n3ccsc3n2)C1=O. The molecular weight excluding hydrogens is 376 g/mol. The third-order valence-corrected chi connectivity index (χ3v) is 5.38. The summed E-state index contributed by atoms with van der Waals surface area (Å²) in [6.07, 6.45) is 1.63. The van der Waals surface area contributed by atoms with E-state index in [1.807, 2.05) is 0 Å². The molecule has 1 N–H and O–H groups in total. The van der Waals surface area contributed by atoms with Gasteiger partial charge in [0.25, 0.3) is 11.5 Å². The minimum absolute atomic E-state index is 0.0719. The molecule has 4 rings (SSSR count). The molecule has 1 fully saturated rings. The Morgan fingerprint density at radius 3 is 2.69 bits per heavy atom. The van der Waals surface area contributed by atoms with Crippen LogP contribution < -0.4 is 10.9 Å². The fraction of sp³-hybridized carbons (Fsp3) is 0.176. The zero-order valence-corrected chi connectivity index (χ0v) is 15.2. The number of hydrogen-bond donors (Lipinski definition) is 1. The van der Waals surface area contributed by atoms with Crippen molar-refractivity contribution in [1.82, 2.24) is 19.6 Å². The molecule has 7 nitrogen and oxygen atoms in total. The molecule has 0 bridgehead atoms. The molecule has 3 aromatic rings. The van der Waals surface area contributed by atoms with E-state index in [-0.39, 0.29) is 12.1 Å². The molecule has 3 heterocycles. The number of nitrogens with one attached hydrogen (secondary N) is 1. The number of benzene rings is 1. The number of amides is 3. The van der Waals surface area contributed by atoms with Crippen LogP contribution in [0.25, 0.3) is 4.96 Å². The Bertz CT molecular complexity index is 1090. The smallest absolute Gasteiger partial charge is 0.319 e. The predicted molar refractivity (Wildman–Crippen MR) is 97.2 cm³/mol. The van der Waals surface area contributed by atoms with Crippen LogP contribution in [0.4, 0.5) is 4.79 Å². The number of rotatable bonds is 3. The van der Waals surface area contributed by atoms with Crippen molar-refractivity contribution in [1.29, 1.82) is 0 Å². The summed E-state index contributed by atoms with van der Waals surface area (Å²) in [6.45, 7) is 1.57. The molecule has 1 aliphatic rings. The lowest BCUT2D eigenvalue weighted by Gasteiger charge is -2.22. The van der Waals surface area contributed by atoms with Crippen LogP contribution in [0.1, 0.15) is 18.2 Å². The highest BCUT2D eigenvalue weighted by molar-refractivity contribution is 7.15. The van der Waals surface area contributed by atoms with Crippen molar-refractivity contribution in [2.24, 2.45) is 0 Å². The van der Waals surface area contributed by atoms with Crippen molar-refractivity contribution in [2.45, 2.75) is 19.0 Å². The van der Waals surface area contributed by atoms with Crippen molar-refractivity contribution in [3.05, 3.63) is 68.5 Å². The van der Waals surface area contributed by atoms with Crippen LogP contribution in [0, 0.1) is 0 Å². The molecule has 0 radical (unpaired) electrons. The Kier molecular flexibility index (Phi) is 3.82. The largest absolute Gasteiger partial charge is 0.325 e.